The maximum atomic E-state index is 12.1. The van der Waals surface area contributed by atoms with Gasteiger partial charge in [-0.05, 0) is 25.7 Å². The summed E-state index contributed by atoms with van der Waals surface area (Å²) in [5.41, 5.74) is 0. The van der Waals surface area contributed by atoms with Crippen LogP contribution in [0.5, 0.6) is 0 Å². The Morgan fingerprint density at radius 2 is 1.74 bits per heavy atom. The van der Waals surface area contributed by atoms with Crippen molar-refractivity contribution in [1.82, 2.24) is 10.2 Å². The summed E-state index contributed by atoms with van der Waals surface area (Å²) in [6.45, 7) is 0.218. The summed E-state index contributed by atoms with van der Waals surface area (Å²) in [6, 6.07) is 0.526. The summed E-state index contributed by atoms with van der Waals surface area (Å²) in [5.74, 6) is -1.01. The van der Waals surface area contributed by atoms with Gasteiger partial charge in [0.15, 0.2) is 6.61 Å². The largest absolute Gasteiger partial charge is 0.455 e. The lowest BCUT2D eigenvalue weighted by Crippen LogP contribution is -2.37. The quantitative estimate of drug-likeness (QED) is 0.776. The highest BCUT2D eigenvalue weighted by Crippen LogP contribution is 2.29. The third-order valence-corrected chi connectivity index (χ3v) is 5.32. The van der Waals surface area contributed by atoms with Gasteiger partial charge in [-0.3, -0.25) is 14.4 Å². The molecule has 1 N–H and O–H groups in total. The summed E-state index contributed by atoms with van der Waals surface area (Å²) in [6.07, 6.45) is 8.92. The Bertz CT molecular complexity index is 467. The molecule has 23 heavy (non-hydrogen) atoms. The molecule has 6 nitrogen and oxygen atoms in total. The maximum absolute atomic E-state index is 12.1. The smallest absolute Gasteiger partial charge is 0.311 e. The second-order valence-corrected chi connectivity index (χ2v) is 7.04. The third kappa shape index (κ3) is 4.03. The van der Waals surface area contributed by atoms with Crippen LogP contribution in [-0.4, -0.2) is 47.9 Å². The van der Waals surface area contributed by atoms with Crippen LogP contribution in [0, 0.1) is 5.92 Å². The van der Waals surface area contributed by atoms with Crippen molar-refractivity contribution in [2.45, 2.75) is 69.9 Å². The molecule has 0 aromatic carbocycles. The minimum absolute atomic E-state index is 0.0502. The van der Waals surface area contributed by atoms with E-state index in [4.69, 9.17) is 4.74 Å². The van der Waals surface area contributed by atoms with Crippen LogP contribution in [0.4, 0.5) is 0 Å². The van der Waals surface area contributed by atoms with Crippen LogP contribution in [0.3, 0.4) is 0 Å². The fraction of sp³-hybridized carbons (Fsp3) is 0.824. The minimum atomic E-state index is -0.416. The molecule has 6 heteroatoms. The molecule has 1 saturated heterocycles. The van der Waals surface area contributed by atoms with Crippen molar-refractivity contribution in [3.8, 4) is 0 Å². The van der Waals surface area contributed by atoms with Gasteiger partial charge in [0, 0.05) is 25.0 Å². The van der Waals surface area contributed by atoms with Crippen molar-refractivity contribution in [3.05, 3.63) is 0 Å². The third-order valence-electron chi connectivity index (χ3n) is 5.32. The summed E-state index contributed by atoms with van der Waals surface area (Å²) in [7, 11) is 0. The molecule has 1 aliphatic heterocycles. The van der Waals surface area contributed by atoms with Gasteiger partial charge in [0.2, 0.25) is 5.91 Å². The van der Waals surface area contributed by atoms with Crippen LogP contribution in [0.1, 0.15) is 57.8 Å². The van der Waals surface area contributed by atoms with Crippen LogP contribution in [0.25, 0.3) is 0 Å². The molecular formula is C17H26N2O4. The Balaban J connectivity index is 1.41. The maximum Gasteiger partial charge on any atom is 0.311 e. The minimum Gasteiger partial charge on any atom is -0.455 e. The highest BCUT2D eigenvalue weighted by atomic mass is 16.5. The molecule has 1 heterocycles. The molecule has 0 radical (unpaired) electrons. The van der Waals surface area contributed by atoms with Gasteiger partial charge < -0.3 is 15.0 Å². The number of carbonyl (C=O) groups excluding carboxylic acids is 3. The van der Waals surface area contributed by atoms with Crippen molar-refractivity contribution in [1.29, 1.82) is 0 Å². The number of amides is 2. The van der Waals surface area contributed by atoms with Crippen LogP contribution < -0.4 is 5.32 Å². The van der Waals surface area contributed by atoms with Crippen molar-refractivity contribution in [2.75, 3.05) is 13.2 Å². The van der Waals surface area contributed by atoms with E-state index in [0.29, 0.717) is 12.6 Å². The first-order valence-electron chi connectivity index (χ1n) is 8.89. The highest BCUT2D eigenvalue weighted by molar-refractivity contribution is 5.88. The monoisotopic (exact) mass is 322 g/mol. The zero-order valence-corrected chi connectivity index (χ0v) is 13.6. The predicted molar refractivity (Wildman–Crippen MR) is 83.4 cm³/mol. The predicted octanol–water partition coefficient (Wildman–Crippen LogP) is 1.38. The Morgan fingerprint density at radius 3 is 2.43 bits per heavy atom. The number of hydrogen-bond acceptors (Lipinski definition) is 4. The lowest BCUT2D eigenvalue weighted by molar-refractivity contribution is -0.152. The number of nitrogens with zero attached hydrogens (tertiary/aromatic N) is 1. The van der Waals surface area contributed by atoms with E-state index in [1.807, 2.05) is 4.90 Å². The molecule has 0 spiro atoms. The van der Waals surface area contributed by atoms with Crippen LogP contribution in [-0.2, 0) is 19.1 Å². The molecule has 0 bridgehead atoms. The fourth-order valence-electron chi connectivity index (χ4n) is 4.05. The SMILES string of the molecule is O=C(COC(=O)[C@@H]1CC(=O)N(C2CCCC2)C1)NC1CCCC1. The second-order valence-electron chi connectivity index (χ2n) is 7.04. The molecule has 0 unspecified atom stereocenters. The van der Waals surface area contributed by atoms with Crippen molar-refractivity contribution in [3.63, 3.8) is 0 Å². The van der Waals surface area contributed by atoms with E-state index in [1.165, 1.54) is 0 Å². The Labute approximate surface area is 136 Å². The summed E-state index contributed by atoms with van der Waals surface area (Å²) >= 11 is 0. The van der Waals surface area contributed by atoms with E-state index in [2.05, 4.69) is 5.32 Å². The van der Waals surface area contributed by atoms with Crippen LogP contribution >= 0.6 is 0 Å². The van der Waals surface area contributed by atoms with E-state index in [-0.39, 0.29) is 30.9 Å². The molecule has 128 valence electrons. The van der Waals surface area contributed by atoms with E-state index in [0.717, 1.165) is 51.4 Å². The summed E-state index contributed by atoms with van der Waals surface area (Å²) in [4.78, 5) is 37.8. The average Bonchev–Trinajstić information content (AvgIpc) is 3.25. The standard InChI is InChI=1S/C17H26N2O4/c20-15(18-13-5-1-2-6-13)11-23-17(22)12-9-16(21)19(10-12)14-7-3-4-8-14/h12-14H,1-11H2,(H,18,20)/t12-/m1/s1. The first kappa shape index (κ1) is 16.3. The molecular weight excluding hydrogens is 296 g/mol. The molecule has 0 aromatic rings. The number of carbonyl (C=O) groups is 3. The van der Waals surface area contributed by atoms with E-state index >= 15 is 0 Å². The molecule has 1 atom stereocenters. The fourth-order valence-corrected chi connectivity index (χ4v) is 4.05. The van der Waals surface area contributed by atoms with Crippen LogP contribution in [0.15, 0.2) is 0 Å². The molecule has 3 rings (SSSR count). The number of nitrogens with one attached hydrogen (secondary N) is 1. The summed E-state index contributed by atoms with van der Waals surface area (Å²) < 4.78 is 5.13. The van der Waals surface area contributed by atoms with E-state index in [9.17, 15) is 14.4 Å². The zero-order chi connectivity index (χ0) is 16.2. The highest BCUT2D eigenvalue weighted by Gasteiger charge is 2.39. The lowest BCUT2D eigenvalue weighted by Gasteiger charge is -2.23. The van der Waals surface area contributed by atoms with Crippen molar-refractivity contribution < 1.29 is 19.1 Å². The molecule has 2 saturated carbocycles. The average molecular weight is 322 g/mol. The zero-order valence-electron chi connectivity index (χ0n) is 13.6. The Hall–Kier alpha value is -1.59. The van der Waals surface area contributed by atoms with Gasteiger partial charge in [-0.15, -0.1) is 0 Å². The number of ether oxygens (including phenoxy) is 1. The molecule has 0 aromatic heterocycles. The summed E-state index contributed by atoms with van der Waals surface area (Å²) in [5, 5.41) is 2.89. The van der Waals surface area contributed by atoms with E-state index in [1.54, 1.807) is 0 Å². The van der Waals surface area contributed by atoms with Crippen molar-refractivity contribution >= 4 is 17.8 Å². The number of hydrogen-bond donors (Lipinski definition) is 1. The molecule has 2 aliphatic carbocycles. The van der Waals surface area contributed by atoms with Crippen LogP contribution in [0.2, 0.25) is 0 Å². The number of rotatable bonds is 5. The van der Waals surface area contributed by atoms with E-state index < -0.39 is 11.9 Å². The number of esters is 1. The molecule has 3 aliphatic rings. The lowest BCUT2D eigenvalue weighted by atomic mass is 10.1. The van der Waals surface area contributed by atoms with Gasteiger partial charge in [-0.2, -0.15) is 0 Å². The van der Waals surface area contributed by atoms with Gasteiger partial charge >= 0.3 is 5.97 Å². The van der Waals surface area contributed by atoms with Gasteiger partial charge in [-0.25, -0.2) is 0 Å². The Kier molecular flexibility index (Phi) is 5.18. The van der Waals surface area contributed by atoms with Gasteiger partial charge in [0.05, 0.1) is 5.92 Å². The van der Waals surface area contributed by atoms with Gasteiger partial charge in [-0.1, -0.05) is 25.7 Å². The normalized spacial score (nSPS) is 26.0. The Morgan fingerprint density at radius 1 is 1.09 bits per heavy atom. The first-order valence-corrected chi connectivity index (χ1v) is 8.89. The molecule has 2 amide bonds. The topological polar surface area (TPSA) is 75.7 Å². The van der Waals surface area contributed by atoms with Crippen molar-refractivity contribution in [2.24, 2.45) is 5.92 Å². The first-order chi connectivity index (χ1) is 11.1. The van der Waals surface area contributed by atoms with Gasteiger partial charge in [0.25, 0.3) is 5.91 Å². The van der Waals surface area contributed by atoms with Gasteiger partial charge in [0.1, 0.15) is 0 Å². The number of likely N-dealkylation sites (tertiary alicyclic amines) is 1. The molecule has 3 fully saturated rings. The second kappa shape index (κ2) is 7.32.